The fourth-order valence-corrected chi connectivity index (χ4v) is 7.64. The van der Waals surface area contributed by atoms with Gasteiger partial charge in [0.1, 0.15) is 0 Å². The van der Waals surface area contributed by atoms with Crippen LogP contribution in [-0.4, -0.2) is 95.0 Å². The van der Waals surface area contributed by atoms with E-state index >= 15 is 0 Å². The highest BCUT2D eigenvalue weighted by molar-refractivity contribution is 6.66. The zero-order valence-corrected chi connectivity index (χ0v) is 19.3. The molecule has 2 bridgehead atoms. The van der Waals surface area contributed by atoms with Crippen molar-refractivity contribution in [1.82, 2.24) is 4.90 Å². The van der Waals surface area contributed by atoms with E-state index in [9.17, 15) is 0 Å². The Morgan fingerprint density at radius 1 is 1.04 bits per heavy atom. The van der Waals surface area contributed by atoms with Gasteiger partial charge in [-0.15, -0.1) is 0 Å². The van der Waals surface area contributed by atoms with Crippen molar-refractivity contribution in [3.05, 3.63) is 12.3 Å². The molecule has 3 unspecified atom stereocenters. The third kappa shape index (κ3) is 6.42. The van der Waals surface area contributed by atoms with Crippen LogP contribution in [0.15, 0.2) is 12.3 Å². The third-order valence-electron chi connectivity index (χ3n) is 4.81. The molecule has 3 atom stereocenters. The molecule has 158 valence electrons. The van der Waals surface area contributed by atoms with Gasteiger partial charge < -0.3 is 31.3 Å². The van der Waals surface area contributed by atoms with Crippen LogP contribution >= 0.6 is 0 Å². The van der Waals surface area contributed by atoms with E-state index in [4.69, 9.17) is 31.3 Å². The summed E-state index contributed by atoms with van der Waals surface area (Å²) in [5.41, 5.74) is 1.74. The molecule has 0 aromatic heterocycles. The van der Waals surface area contributed by atoms with E-state index in [1.807, 2.05) is 0 Å². The van der Waals surface area contributed by atoms with Gasteiger partial charge in [0.25, 0.3) is 0 Å². The predicted octanol–water partition coefficient (Wildman–Crippen LogP) is 1.46. The smallest absolute Gasteiger partial charge is 0.379 e. The summed E-state index contributed by atoms with van der Waals surface area (Å²) in [6.45, 7) is 11.6. The minimum atomic E-state index is -2.90. The average Bonchev–Trinajstić information content (AvgIpc) is 2.62. The summed E-state index contributed by atoms with van der Waals surface area (Å²) in [6.07, 6.45) is 0.797. The van der Waals surface area contributed by atoms with Crippen molar-refractivity contribution >= 4 is 17.6 Å². The molecule has 0 aromatic carbocycles. The van der Waals surface area contributed by atoms with Crippen LogP contribution in [0.4, 0.5) is 0 Å². The van der Waals surface area contributed by atoms with Crippen molar-refractivity contribution in [2.75, 3.05) is 54.2 Å². The molecule has 0 radical (unpaired) electrons. The Balaban J connectivity index is 1.87. The second kappa shape index (κ2) is 10.6. The van der Waals surface area contributed by atoms with Gasteiger partial charge in [-0.2, -0.15) is 0 Å². The zero-order chi connectivity index (χ0) is 19.9. The Kier molecular flexibility index (Phi) is 9.06. The van der Waals surface area contributed by atoms with Crippen LogP contribution in [0.2, 0.25) is 6.04 Å². The molecule has 3 aliphatic heterocycles. The first-order valence-corrected chi connectivity index (χ1v) is 13.3. The Morgan fingerprint density at radius 3 is 2.15 bits per heavy atom. The van der Waals surface area contributed by atoms with Crippen molar-refractivity contribution in [3.63, 3.8) is 0 Å². The van der Waals surface area contributed by atoms with E-state index in [0.717, 1.165) is 26.1 Å². The summed E-state index contributed by atoms with van der Waals surface area (Å²) >= 11 is 0. The lowest BCUT2D eigenvalue weighted by molar-refractivity contribution is -0.0925. The highest BCUT2D eigenvalue weighted by Crippen LogP contribution is 2.25. The predicted molar refractivity (Wildman–Crippen MR) is 105 cm³/mol. The number of ether oxygens (including phenoxy) is 1. The van der Waals surface area contributed by atoms with Crippen LogP contribution in [0.5, 0.6) is 0 Å². The van der Waals surface area contributed by atoms with Crippen LogP contribution < -0.4 is 0 Å². The molecule has 3 aliphatic rings. The number of nitrogens with zero attached hydrogens (tertiary/aromatic N) is 1. The normalized spacial score (nSPS) is 34.7. The molecule has 3 rings (SSSR count). The van der Waals surface area contributed by atoms with Crippen LogP contribution in [-0.2, 0) is 31.3 Å². The summed E-state index contributed by atoms with van der Waals surface area (Å²) in [5, 5.41) is 0. The Hall–Kier alpha value is -0.146. The standard InChI is InChI=1S/C17H35NO7Si2/c1-7-26-23-15(2)11-18(12-16(3)24-26)13-17(25-26)14-22-9-8-10-27(19-4,20-5)21-6/h7,15-17H,1,8-14H2,2-6H3. The van der Waals surface area contributed by atoms with Crippen LogP contribution in [0.25, 0.3) is 0 Å². The molecule has 10 heteroatoms. The van der Waals surface area contributed by atoms with Crippen LogP contribution in [0, 0.1) is 0 Å². The van der Waals surface area contributed by atoms with Gasteiger partial charge in [0.15, 0.2) is 0 Å². The molecular formula is C17H35NO7Si2. The zero-order valence-electron chi connectivity index (χ0n) is 17.3. The van der Waals surface area contributed by atoms with Crippen LogP contribution in [0.1, 0.15) is 20.3 Å². The molecule has 3 saturated heterocycles. The molecule has 27 heavy (non-hydrogen) atoms. The minimum Gasteiger partial charge on any atom is -0.379 e. The van der Waals surface area contributed by atoms with Crippen molar-refractivity contribution in [2.45, 2.75) is 44.6 Å². The van der Waals surface area contributed by atoms with Crippen LogP contribution in [0.3, 0.4) is 0 Å². The molecule has 3 fully saturated rings. The SMILES string of the molecule is C=C[Si]12OC(C)CN(CC(C)O1)CC(COCCC[Si](OC)(OC)OC)O2. The second-order valence-corrected chi connectivity index (χ2v) is 12.5. The summed E-state index contributed by atoms with van der Waals surface area (Å²) in [7, 11) is -0.576. The lowest BCUT2D eigenvalue weighted by Gasteiger charge is -2.44. The van der Waals surface area contributed by atoms with Crippen molar-refractivity contribution in [2.24, 2.45) is 0 Å². The monoisotopic (exact) mass is 421 g/mol. The number of fused-ring (bicyclic) bond motifs is 6. The lowest BCUT2D eigenvalue weighted by Crippen LogP contribution is -2.61. The number of hydrogen-bond donors (Lipinski definition) is 0. The van der Waals surface area contributed by atoms with Crippen molar-refractivity contribution < 1.29 is 31.3 Å². The average molecular weight is 422 g/mol. The molecule has 0 N–H and O–H groups in total. The van der Waals surface area contributed by atoms with Crippen molar-refractivity contribution in [1.29, 1.82) is 0 Å². The molecule has 0 spiro atoms. The summed E-state index contributed by atoms with van der Waals surface area (Å²) in [6, 6.07) is 0.709. The van der Waals surface area contributed by atoms with E-state index in [-0.39, 0.29) is 18.3 Å². The Bertz CT molecular complexity index is 444. The first kappa shape index (κ1) is 23.1. The molecule has 0 amide bonds. The van der Waals surface area contributed by atoms with Gasteiger partial charge in [-0.1, -0.05) is 6.58 Å². The quantitative estimate of drug-likeness (QED) is 0.388. The largest absolute Gasteiger partial charge is 0.529 e. The van der Waals surface area contributed by atoms with Gasteiger partial charge >= 0.3 is 17.6 Å². The van der Waals surface area contributed by atoms with E-state index in [1.54, 1.807) is 27.0 Å². The van der Waals surface area contributed by atoms with Gasteiger partial charge in [0.05, 0.1) is 24.9 Å². The van der Waals surface area contributed by atoms with E-state index < -0.39 is 17.6 Å². The lowest BCUT2D eigenvalue weighted by atomic mass is 10.2. The molecule has 0 aromatic rings. The summed E-state index contributed by atoms with van der Waals surface area (Å²) < 4.78 is 40.8. The minimum absolute atomic E-state index is 0.0549. The first-order valence-electron chi connectivity index (χ1n) is 9.52. The summed E-state index contributed by atoms with van der Waals surface area (Å²) in [5.74, 6) is 0. The second-order valence-electron chi connectivity index (χ2n) is 7.10. The van der Waals surface area contributed by atoms with E-state index in [2.05, 4.69) is 25.3 Å². The third-order valence-corrected chi connectivity index (χ3v) is 10.3. The number of hydrogen-bond acceptors (Lipinski definition) is 8. The Morgan fingerprint density at radius 2 is 1.63 bits per heavy atom. The highest BCUT2D eigenvalue weighted by atomic mass is 28.4. The van der Waals surface area contributed by atoms with E-state index in [1.165, 1.54) is 0 Å². The van der Waals surface area contributed by atoms with Gasteiger partial charge in [-0.25, -0.2) is 0 Å². The van der Waals surface area contributed by atoms with Gasteiger partial charge in [0.2, 0.25) is 0 Å². The van der Waals surface area contributed by atoms with E-state index in [0.29, 0.717) is 19.3 Å². The maximum Gasteiger partial charge on any atom is 0.529 e. The maximum absolute atomic E-state index is 6.30. The molecule has 0 aliphatic carbocycles. The maximum atomic E-state index is 6.30. The molecule has 0 saturated carbocycles. The molecule has 3 heterocycles. The fraction of sp³-hybridized carbons (Fsp3) is 0.882. The van der Waals surface area contributed by atoms with Crippen molar-refractivity contribution in [3.8, 4) is 0 Å². The topological polar surface area (TPSA) is 67.9 Å². The van der Waals surface area contributed by atoms with Gasteiger partial charge in [0, 0.05) is 53.6 Å². The van der Waals surface area contributed by atoms with Gasteiger partial charge in [-0.3, -0.25) is 4.90 Å². The van der Waals surface area contributed by atoms with Gasteiger partial charge in [-0.05, 0) is 26.0 Å². The Labute approximate surface area is 165 Å². The number of rotatable bonds is 10. The first-order chi connectivity index (χ1) is 12.9. The molecule has 8 nitrogen and oxygen atoms in total. The fourth-order valence-electron chi connectivity index (χ4n) is 3.62. The summed E-state index contributed by atoms with van der Waals surface area (Å²) in [4.78, 5) is 2.32. The molecular weight excluding hydrogens is 386 g/mol. The highest BCUT2D eigenvalue weighted by Gasteiger charge is 2.47.